The smallest absolute Gasteiger partial charge is 0.344 e. The van der Waals surface area contributed by atoms with Crippen LogP contribution in [0.15, 0.2) is 12.1 Å². The Hall–Kier alpha value is -1.65. The number of carbonyl (C=O) groups is 1. The Balaban J connectivity index is 3.33. The van der Waals surface area contributed by atoms with E-state index in [0.717, 1.165) is 19.2 Å². The summed E-state index contributed by atoms with van der Waals surface area (Å²) in [6, 6.07) is 1.60. The molecule has 0 saturated heterocycles. The normalized spacial score (nSPS) is 9.77. The van der Waals surface area contributed by atoms with E-state index in [4.69, 9.17) is 5.11 Å². The second kappa shape index (κ2) is 3.38. The molecule has 0 bridgehead atoms. The minimum absolute atomic E-state index is 0.647. The molecular weight excluding hydrogens is 182 g/mol. The van der Waals surface area contributed by atoms with Crippen molar-refractivity contribution in [3.05, 3.63) is 29.3 Å². The van der Waals surface area contributed by atoms with Gasteiger partial charge in [-0.2, -0.15) is 0 Å². The van der Waals surface area contributed by atoms with Gasteiger partial charge in [-0.25, -0.2) is 13.6 Å². The van der Waals surface area contributed by atoms with Gasteiger partial charge in [0.1, 0.15) is 11.3 Å². The van der Waals surface area contributed by atoms with Crippen molar-refractivity contribution in [3.63, 3.8) is 0 Å². The molecule has 0 aromatic heterocycles. The zero-order chi connectivity index (χ0) is 10.0. The summed E-state index contributed by atoms with van der Waals surface area (Å²) in [6.45, 7) is 0. The fraction of sp³-hybridized carbons (Fsp3) is 0.125. The third-order valence-corrected chi connectivity index (χ3v) is 1.46. The predicted octanol–water partition coefficient (Wildman–Crippen LogP) is 1.46. The number of hydrogen-bond acceptors (Lipinski definition) is 3. The number of benzene rings is 1. The average Bonchev–Trinajstić information content (AvgIpc) is 2.12. The van der Waals surface area contributed by atoms with E-state index in [0.29, 0.717) is 0 Å². The number of phenolic OH excluding ortho intramolecular Hbond substituents is 1. The highest BCUT2D eigenvalue weighted by molar-refractivity contribution is 5.92. The van der Waals surface area contributed by atoms with Gasteiger partial charge in [-0.1, -0.05) is 0 Å². The molecule has 0 atom stereocenters. The lowest BCUT2D eigenvalue weighted by atomic mass is 10.2. The zero-order valence-electron chi connectivity index (χ0n) is 6.67. The van der Waals surface area contributed by atoms with Crippen LogP contribution in [0.5, 0.6) is 5.75 Å². The van der Waals surface area contributed by atoms with Gasteiger partial charge in [-0.05, 0) is 12.1 Å². The Morgan fingerprint density at radius 1 is 1.46 bits per heavy atom. The largest absolute Gasteiger partial charge is 0.507 e. The van der Waals surface area contributed by atoms with Crippen molar-refractivity contribution in [1.82, 2.24) is 0 Å². The maximum atomic E-state index is 12.9. The topological polar surface area (TPSA) is 46.5 Å². The molecule has 5 heteroatoms. The molecule has 0 unspecified atom stereocenters. The number of esters is 1. The Bertz CT molecular complexity index is 349. The molecule has 0 aliphatic rings. The monoisotopic (exact) mass is 188 g/mol. The Kier molecular flexibility index (Phi) is 2.46. The van der Waals surface area contributed by atoms with Crippen LogP contribution in [0.2, 0.25) is 0 Å². The van der Waals surface area contributed by atoms with Crippen LogP contribution in [0, 0.1) is 11.6 Å². The minimum Gasteiger partial charge on any atom is -0.507 e. The van der Waals surface area contributed by atoms with Gasteiger partial charge in [-0.15, -0.1) is 0 Å². The van der Waals surface area contributed by atoms with Gasteiger partial charge in [0.15, 0.2) is 11.6 Å². The second-order valence-corrected chi connectivity index (χ2v) is 2.25. The summed E-state index contributed by atoms with van der Waals surface area (Å²) in [5, 5.41) is 9.01. The number of aromatic hydroxyl groups is 1. The molecule has 0 fully saturated rings. The first-order chi connectivity index (χ1) is 6.07. The molecule has 1 rings (SSSR count). The van der Waals surface area contributed by atoms with Gasteiger partial charge in [0.05, 0.1) is 7.11 Å². The van der Waals surface area contributed by atoms with Crippen molar-refractivity contribution in [2.24, 2.45) is 0 Å². The lowest BCUT2D eigenvalue weighted by molar-refractivity contribution is 0.0590. The number of halogens is 2. The van der Waals surface area contributed by atoms with Crippen LogP contribution in [-0.4, -0.2) is 18.2 Å². The molecule has 0 saturated carbocycles. The summed E-state index contributed by atoms with van der Waals surface area (Å²) in [7, 11) is 1.01. The molecule has 0 spiro atoms. The minimum atomic E-state index is -1.41. The first-order valence-corrected chi connectivity index (χ1v) is 3.33. The molecule has 0 aliphatic heterocycles. The molecule has 0 amide bonds. The maximum Gasteiger partial charge on any atom is 0.344 e. The number of ether oxygens (including phenoxy) is 1. The Morgan fingerprint density at radius 3 is 2.62 bits per heavy atom. The van der Waals surface area contributed by atoms with Gasteiger partial charge in [0, 0.05) is 0 Å². The molecule has 1 N–H and O–H groups in total. The summed E-state index contributed by atoms with van der Waals surface area (Å²) in [4.78, 5) is 10.8. The van der Waals surface area contributed by atoms with Crippen LogP contribution in [-0.2, 0) is 4.74 Å². The van der Waals surface area contributed by atoms with Crippen molar-refractivity contribution in [2.75, 3.05) is 7.11 Å². The average molecular weight is 188 g/mol. The van der Waals surface area contributed by atoms with Crippen molar-refractivity contribution in [2.45, 2.75) is 0 Å². The highest BCUT2D eigenvalue weighted by atomic mass is 19.2. The summed E-state index contributed by atoms with van der Waals surface area (Å²) in [6.07, 6.45) is 0. The third-order valence-electron chi connectivity index (χ3n) is 1.46. The van der Waals surface area contributed by atoms with Gasteiger partial charge in [0.25, 0.3) is 0 Å². The van der Waals surface area contributed by atoms with Gasteiger partial charge in [-0.3, -0.25) is 0 Å². The fourth-order valence-corrected chi connectivity index (χ4v) is 0.837. The van der Waals surface area contributed by atoms with E-state index in [1.165, 1.54) is 0 Å². The van der Waals surface area contributed by atoms with Crippen LogP contribution < -0.4 is 0 Å². The lowest BCUT2D eigenvalue weighted by Gasteiger charge is -2.03. The van der Waals surface area contributed by atoms with Crippen LogP contribution in [0.25, 0.3) is 0 Å². The number of methoxy groups -OCH3 is 1. The molecule has 1 aromatic rings. The molecule has 0 aliphatic carbocycles. The van der Waals surface area contributed by atoms with Gasteiger partial charge < -0.3 is 9.84 Å². The maximum absolute atomic E-state index is 12.9. The standard InChI is InChI=1S/C8H6F2O3/c1-13-8(12)6-5(11)3-2-4(9)7(6)10/h2-3,11H,1H3. The van der Waals surface area contributed by atoms with Crippen molar-refractivity contribution in [1.29, 1.82) is 0 Å². The summed E-state index contributed by atoms with van der Waals surface area (Å²) in [5.41, 5.74) is -0.789. The molecule has 0 radical (unpaired) electrons. The number of carbonyl (C=O) groups excluding carboxylic acids is 1. The lowest BCUT2D eigenvalue weighted by Crippen LogP contribution is -2.06. The molecule has 13 heavy (non-hydrogen) atoms. The fourth-order valence-electron chi connectivity index (χ4n) is 0.837. The third kappa shape index (κ3) is 1.58. The second-order valence-electron chi connectivity index (χ2n) is 2.25. The Labute approximate surface area is 72.6 Å². The van der Waals surface area contributed by atoms with E-state index in [-0.39, 0.29) is 0 Å². The highest BCUT2D eigenvalue weighted by Crippen LogP contribution is 2.22. The molecule has 1 aromatic carbocycles. The van der Waals surface area contributed by atoms with E-state index in [1.807, 2.05) is 0 Å². The summed E-state index contributed by atoms with van der Waals surface area (Å²) < 4.78 is 29.6. The molecule has 70 valence electrons. The SMILES string of the molecule is COC(=O)c1c(O)ccc(F)c1F. The van der Waals surface area contributed by atoms with Gasteiger partial charge >= 0.3 is 5.97 Å². The summed E-state index contributed by atoms with van der Waals surface area (Å²) in [5.74, 6) is -4.38. The van der Waals surface area contributed by atoms with Crippen LogP contribution >= 0.6 is 0 Å². The quantitative estimate of drug-likeness (QED) is 0.678. The van der Waals surface area contributed by atoms with E-state index in [9.17, 15) is 13.6 Å². The van der Waals surface area contributed by atoms with Crippen molar-refractivity contribution in [3.8, 4) is 5.75 Å². The van der Waals surface area contributed by atoms with Crippen LogP contribution in [0.1, 0.15) is 10.4 Å². The molecular formula is C8H6F2O3. The summed E-state index contributed by atoms with van der Waals surface area (Å²) >= 11 is 0. The first kappa shape index (κ1) is 9.44. The van der Waals surface area contributed by atoms with E-state index in [1.54, 1.807) is 0 Å². The van der Waals surface area contributed by atoms with Crippen LogP contribution in [0.3, 0.4) is 0 Å². The molecule has 3 nitrogen and oxygen atoms in total. The zero-order valence-corrected chi connectivity index (χ0v) is 6.67. The first-order valence-electron chi connectivity index (χ1n) is 3.33. The highest BCUT2D eigenvalue weighted by Gasteiger charge is 2.20. The van der Waals surface area contributed by atoms with Crippen LogP contribution in [0.4, 0.5) is 8.78 Å². The van der Waals surface area contributed by atoms with Gasteiger partial charge in [0.2, 0.25) is 0 Å². The van der Waals surface area contributed by atoms with E-state index < -0.39 is 28.9 Å². The van der Waals surface area contributed by atoms with E-state index >= 15 is 0 Å². The number of hydrogen-bond donors (Lipinski definition) is 1. The Morgan fingerprint density at radius 2 is 2.08 bits per heavy atom. The molecule has 0 heterocycles. The van der Waals surface area contributed by atoms with E-state index in [2.05, 4.69) is 4.74 Å². The number of phenols is 1. The van der Waals surface area contributed by atoms with Crippen molar-refractivity contribution >= 4 is 5.97 Å². The predicted molar refractivity (Wildman–Crippen MR) is 39.4 cm³/mol. The van der Waals surface area contributed by atoms with Crippen molar-refractivity contribution < 1.29 is 23.4 Å². The number of rotatable bonds is 1.